The molecule has 1 aliphatic rings. The second-order valence-electron chi connectivity index (χ2n) is 8.20. The standard InChI is InChI=1S/C21H38O2/c1-5-21(4)16-10-11-17(2)14-15-19(23)12-8-6-7-9-13-20(21)18(3)22/h17,20H,5-16H2,1-4H3. The lowest BCUT2D eigenvalue weighted by Gasteiger charge is -2.36. The fourth-order valence-corrected chi connectivity index (χ4v) is 4.20. The van der Waals surface area contributed by atoms with E-state index < -0.39 is 0 Å². The Balaban J connectivity index is 2.74. The molecule has 134 valence electrons. The van der Waals surface area contributed by atoms with Crippen LogP contribution in [0.5, 0.6) is 0 Å². The first-order valence-corrected chi connectivity index (χ1v) is 9.91. The van der Waals surface area contributed by atoms with Gasteiger partial charge in [0.25, 0.3) is 0 Å². The molecular formula is C21H38O2. The van der Waals surface area contributed by atoms with Crippen LogP contribution in [-0.4, -0.2) is 11.6 Å². The summed E-state index contributed by atoms with van der Waals surface area (Å²) in [6.45, 7) is 8.63. The Kier molecular flexibility index (Phi) is 9.09. The Bertz CT molecular complexity index is 374. The lowest BCUT2D eigenvalue weighted by atomic mass is 9.68. The van der Waals surface area contributed by atoms with Crippen LogP contribution in [0.3, 0.4) is 0 Å². The minimum absolute atomic E-state index is 0.154. The van der Waals surface area contributed by atoms with Gasteiger partial charge in [-0.1, -0.05) is 59.3 Å². The van der Waals surface area contributed by atoms with Crippen LogP contribution in [0.25, 0.3) is 0 Å². The zero-order valence-corrected chi connectivity index (χ0v) is 16.0. The van der Waals surface area contributed by atoms with Gasteiger partial charge in [0.05, 0.1) is 0 Å². The molecule has 1 rings (SSSR count). The van der Waals surface area contributed by atoms with E-state index in [0.717, 1.165) is 64.2 Å². The van der Waals surface area contributed by atoms with Gasteiger partial charge in [0.15, 0.2) is 0 Å². The van der Waals surface area contributed by atoms with Gasteiger partial charge in [-0.3, -0.25) is 9.59 Å². The van der Waals surface area contributed by atoms with Crippen molar-refractivity contribution in [3.05, 3.63) is 0 Å². The first kappa shape index (κ1) is 20.4. The molecule has 0 aromatic carbocycles. The Hall–Kier alpha value is -0.660. The van der Waals surface area contributed by atoms with Gasteiger partial charge in [-0.05, 0) is 43.9 Å². The monoisotopic (exact) mass is 322 g/mol. The molecule has 0 aromatic rings. The average molecular weight is 323 g/mol. The first-order valence-electron chi connectivity index (χ1n) is 9.91. The molecule has 1 saturated carbocycles. The molecule has 0 aromatic heterocycles. The van der Waals surface area contributed by atoms with Gasteiger partial charge in [0, 0.05) is 18.8 Å². The van der Waals surface area contributed by atoms with Gasteiger partial charge < -0.3 is 0 Å². The maximum Gasteiger partial charge on any atom is 0.133 e. The molecule has 23 heavy (non-hydrogen) atoms. The topological polar surface area (TPSA) is 34.1 Å². The molecule has 1 aliphatic carbocycles. The Morgan fingerprint density at radius 2 is 1.74 bits per heavy atom. The van der Waals surface area contributed by atoms with Crippen molar-refractivity contribution in [2.45, 2.75) is 105 Å². The van der Waals surface area contributed by atoms with Crippen molar-refractivity contribution in [2.75, 3.05) is 0 Å². The van der Waals surface area contributed by atoms with E-state index in [-0.39, 0.29) is 11.3 Å². The van der Waals surface area contributed by atoms with Crippen molar-refractivity contribution in [1.29, 1.82) is 0 Å². The van der Waals surface area contributed by atoms with Crippen molar-refractivity contribution in [3.63, 3.8) is 0 Å². The molecule has 0 aliphatic heterocycles. The molecule has 2 nitrogen and oxygen atoms in total. The number of hydrogen-bond acceptors (Lipinski definition) is 2. The summed E-state index contributed by atoms with van der Waals surface area (Å²) in [6.07, 6.45) is 12.7. The molecule has 0 saturated heterocycles. The van der Waals surface area contributed by atoms with E-state index in [1.165, 1.54) is 12.8 Å². The SMILES string of the molecule is CCC1(C)CCCC(C)CCC(=O)CCCCCCC1C(C)=O. The first-order chi connectivity index (χ1) is 10.9. The number of hydrogen-bond donors (Lipinski definition) is 0. The number of carbonyl (C=O) groups is 2. The molecule has 0 bridgehead atoms. The van der Waals surface area contributed by atoms with E-state index in [0.29, 0.717) is 17.5 Å². The van der Waals surface area contributed by atoms with Gasteiger partial charge in [0.1, 0.15) is 11.6 Å². The summed E-state index contributed by atoms with van der Waals surface area (Å²) >= 11 is 0. The highest BCUT2D eigenvalue weighted by Crippen LogP contribution is 2.40. The summed E-state index contributed by atoms with van der Waals surface area (Å²) in [7, 11) is 0. The molecular weight excluding hydrogens is 284 g/mol. The number of ketones is 2. The fourth-order valence-electron chi connectivity index (χ4n) is 4.20. The molecule has 0 spiro atoms. The lowest BCUT2D eigenvalue weighted by Crippen LogP contribution is -2.32. The largest absolute Gasteiger partial charge is 0.300 e. The molecule has 3 atom stereocenters. The summed E-state index contributed by atoms with van der Waals surface area (Å²) in [6, 6.07) is 0. The molecule has 2 heteroatoms. The third-order valence-corrected chi connectivity index (χ3v) is 6.20. The van der Waals surface area contributed by atoms with Gasteiger partial charge in [-0.25, -0.2) is 0 Å². The van der Waals surface area contributed by atoms with Gasteiger partial charge in [0.2, 0.25) is 0 Å². The highest BCUT2D eigenvalue weighted by molar-refractivity contribution is 5.79. The van der Waals surface area contributed by atoms with Crippen LogP contribution in [0, 0.1) is 17.3 Å². The molecule has 0 heterocycles. The molecule has 0 amide bonds. The van der Waals surface area contributed by atoms with Crippen molar-refractivity contribution < 1.29 is 9.59 Å². The quantitative estimate of drug-likeness (QED) is 0.614. The Morgan fingerprint density at radius 3 is 2.39 bits per heavy atom. The minimum atomic E-state index is 0.154. The van der Waals surface area contributed by atoms with Crippen LogP contribution in [0.4, 0.5) is 0 Å². The third kappa shape index (κ3) is 7.18. The average Bonchev–Trinajstić information content (AvgIpc) is 2.51. The maximum absolute atomic E-state index is 12.2. The Morgan fingerprint density at radius 1 is 1.04 bits per heavy atom. The smallest absolute Gasteiger partial charge is 0.133 e. The second-order valence-corrected chi connectivity index (χ2v) is 8.20. The van der Waals surface area contributed by atoms with E-state index in [9.17, 15) is 9.59 Å². The van der Waals surface area contributed by atoms with Crippen LogP contribution in [0.1, 0.15) is 105 Å². The summed E-state index contributed by atoms with van der Waals surface area (Å²) in [5.74, 6) is 1.67. The lowest BCUT2D eigenvalue weighted by molar-refractivity contribution is -0.125. The normalized spacial score (nSPS) is 32.8. The number of Topliss-reactive ketones (excluding diaryl/α,β-unsaturated/α-hetero) is 2. The highest BCUT2D eigenvalue weighted by atomic mass is 16.1. The zero-order valence-electron chi connectivity index (χ0n) is 16.0. The predicted molar refractivity (Wildman–Crippen MR) is 97.5 cm³/mol. The van der Waals surface area contributed by atoms with Crippen LogP contribution in [-0.2, 0) is 9.59 Å². The van der Waals surface area contributed by atoms with E-state index in [1.807, 2.05) is 0 Å². The highest BCUT2D eigenvalue weighted by Gasteiger charge is 2.34. The number of rotatable bonds is 2. The van der Waals surface area contributed by atoms with E-state index in [4.69, 9.17) is 0 Å². The summed E-state index contributed by atoms with van der Waals surface area (Å²) < 4.78 is 0. The van der Waals surface area contributed by atoms with E-state index in [1.54, 1.807) is 6.92 Å². The molecule has 1 fully saturated rings. The predicted octanol–water partition coefficient (Wildman–Crippen LogP) is 6.12. The van der Waals surface area contributed by atoms with Crippen LogP contribution in [0.15, 0.2) is 0 Å². The number of carbonyl (C=O) groups excluding carboxylic acids is 2. The fraction of sp³-hybridized carbons (Fsp3) is 0.905. The van der Waals surface area contributed by atoms with Crippen molar-refractivity contribution >= 4 is 11.6 Å². The molecule has 0 N–H and O–H groups in total. The van der Waals surface area contributed by atoms with Crippen LogP contribution in [0.2, 0.25) is 0 Å². The van der Waals surface area contributed by atoms with Crippen molar-refractivity contribution in [3.8, 4) is 0 Å². The van der Waals surface area contributed by atoms with E-state index in [2.05, 4.69) is 20.8 Å². The van der Waals surface area contributed by atoms with E-state index >= 15 is 0 Å². The molecule has 0 radical (unpaired) electrons. The van der Waals surface area contributed by atoms with Gasteiger partial charge in [-0.2, -0.15) is 0 Å². The minimum Gasteiger partial charge on any atom is -0.300 e. The van der Waals surface area contributed by atoms with Gasteiger partial charge >= 0.3 is 0 Å². The summed E-state index contributed by atoms with van der Waals surface area (Å²) in [4.78, 5) is 24.1. The molecule has 3 unspecified atom stereocenters. The van der Waals surface area contributed by atoms with Crippen molar-refractivity contribution in [2.24, 2.45) is 17.3 Å². The van der Waals surface area contributed by atoms with Gasteiger partial charge in [-0.15, -0.1) is 0 Å². The third-order valence-electron chi connectivity index (χ3n) is 6.20. The van der Waals surface area contributed by atoms with Crippen LogP contribution >= 0.6 is 0 Å². The summed E-state index contributed by atoms with van der Waals surface area (Å²) in [5, 5.41) is 0. The second kappa shape index (κ2) is 10.3. The zero-order chi connectivity index (χ0) is 17.3. The van der Waals surface area contributed by atoms with Crippen molar-refractivity contribution in [1.82, 2.24) is 0 Å². The van der Waals surface area contributed by atoms with Crippen LogP contribution < -0.4 is 0 Å². The maximum atomic E-state index is 12.2. The Labute approximate surface area is 143 Å². The summed E-state index contributed by atoms with van der Waals surface area (Å²) in [5.41, 5.74) is 0.154.